The average Bonchev–Trinajstić information content (AvgIpc) is 3.41. The van der Waals surface area contributed by atoms with Crippen LogP contribution in [0, 0.1) is 31.6 Å². The topological polar surface area (TPSA) is 108 Å². The number of hydrogen-bond donors (Lipinski definition) is 3. The summed E-state index contributed by atoms with van der Waals surface area (Å²) < 4.78 is 6.72. The zero-order valence-corrected chi connectivity index (χ0v) is 22.7. The van der Waals surface area contributed by atoms with Crippen LogP contribution in [0.25, 0.3) is 0 Å². The molecule has 0 saturated carbocycles. The molecular formula is C30H37N3O5. The van der Waals surface area contributed by atoms with E-state index in [-0.39, 0.29) is 30.2 Å². The van der Waals surface area contributed by atoms with Crippen LogP contribution in [-0.2, 0) is 25.5 Å². The van der Waals surface area contributed by atoms with Crippen LogP contribution in [0.4, 0.5) is 5.69 Å². The fourth-order valence-electron chi connectivity index (χ4n) is 7.13. The number of amides is 3. The van der Waals surface area contributed by atoms with E-state index in [4.69, 9.17) is 4.74 Å². The number of nitrogens with zero attached hydrogens (tertiary/aromatic N) is 1. The van der Waals surface area contributed by atoms with Gasteiger partial charge in [0.05, 0.1) is 30.1 Å². The van der Waals surface area contributed by atoms with Crippen molar-refractivity contribution < 1.29 is 24.2 Å². The predicted molar refractivity (Wildman–Crippen MR) is 143 cm³/mol. The minimum Gasteiger partial charge on any atom is -0.394 e. The largest absolute Gasteiger partial charge is 0.394 e. The number of carbonyl (C=O) groups excluding carboxylic acids is 3. The van der Waals surface area contributed by atoms with Gasteiger partial charge in [-0.3, -0.25) is 14.4 Å². The fraction of sp³-hybridized carbons (Fsp3) is 0.500. The SMILES string of the molecule is CNC(=O)[C@H]1[C@H]2C(=O)N([C@@H](CO)Cc3ccccc3)C(C(=O)Nc3cc(C)ccc3C)C23CC(C)[C@]1(C)O3. The van der Waals surface area contributed by atoms with Crippen molar-refractivity contribution in [2.45, 2.75) is 63.8 Å². The van der Waals surface area contributed by atoms with E-state index in [1.807, 2.05) is 76.2 Å². The Labute approximate surface area is 223 Å². The van der Waals surface area contributed by atoms with Gasteiger partial charge in [0.2, 0.25) is 17.7 Å². The van der Waals surface area contributed by atoms with Gasteiger partial charge < -0.3 is 25.4 Å². The zero-order valence-electron chi connectivity index (χ0n) is 22.7. The maximum atomic E-state index is 14.3. The van der Waals surface area contributed by atoms with E-state index >= 15 is 0 Å². The molecular weight excluding hydrogens is 482 g/mol. The van der Waals surface area contributed by atoms with Crippen molar-refractivity contribution >= 4 is 23.4 Å². The Hall–Kier alpha value is -3.23. The number of nitrogens with one attached hydrogen (secondary N) is 2. The van der Waals surface area contributed by atoms with Crippen LogP contribution in [0.2, 0.25) is 0 Å². The van der Waals surface area contributed by atoms with Crippen molar-refractivity contribution in [3.05, 3.63) is 65.2 Å². The van der Waals surface area contributed by atoms with Gasteiger partial charge in [-0.05, 0) is 62.3 Å². The third kappa shape index (κ3) is 3.84. The van der Waals surface area contributed by atoms with Gasteiger partial charge in [-0.2, -0.15) is 0 Å². The van der Waals surface area contributed by atoms with Crippen LogP contribution in [-0.4, -0.2) is 64.7 Å². The lowest BCUT2D eigenvalue weighted by atomic mass is 9.62. The molecule has 3 aliphatic rings. The zero-order chi connectivity index (χ0) is 27.4. The number of fused-ring (bicyclic) bond motifs is 1. The molecule has 7 atom stereocenters. The Kier molecular flexibility index (Phi) is 6.60. The Morgan fingerprint density at radius 2 is 1.87 bits per heavy atom. The molecule has 5 rings (SSSR count). The van der Waals surface area contributed by atoms with Crippen molar-refractivity contribution in [3.8, 4) is 0 Å². The summed E-state index contributed by atoms with van der Waals surface area (Å²) in [6.07, 6.45) is 0.842. The molecule has 0 aliphatic carbocycles. The van der Waals surface area contributed by atoms with Crippen LogP contribution < -0.4 is 10.6 Å². The predicted octanol–water partition coefficient (Wildman–Crippen LogP) is 2.60. The maximum Gasteiger partial charge on any atom is 0.250 e. The van der Waals surface area contributed by atoms with Crippen molar-refractivity contribution in [2.75, 3.05) is 19.0 Å². The molecule has 38 heavy (non-hydrogen) atoms. The Morgan fingerprint density at radius 1 is 1.16 bits per heavy atom. The van der Waals surface area contributed by atoms with Crippen LogP contribution in [0.15, 0.2) is 48.5 Å². The number of rotatable bonds is 7. The normalized spacial score (nSPS) is 32.3. The third-order valence-electron chi connectivity index (χ3n) is 9.10. The Balaban J connectivity index is 1.61. The molecule has 0 aromatic heterocycles. The molecule has 8 nitrogen and oxygen atoms in total. The molecule has 8 heteroatoms. The Bertz CT molecular complexity index is 1270. The molecule has 202 valence electrons. The van der Waals surface area contributed by atoms with Crippen molar-refractivity contribution in [1.82, 2.24) is 10.2 Å². The first kappa shape index (κ1) is 26.4. The lowest BCUT2D eigenvalue weighted by Gasteiger charge is -2.37. The van der Waals surface area contributed by atoms with Crippen molar-refractivity contribution in [1.29, 1.82) is 0 Å². The monoisotopic (exact) mass is 519 g/mol. The van der Waals surface area contributed by atoms with Crippen molar-refractivity contribution in [3.63, 3.8) is 0 Å². The molecule has 2 bridgehead atoms. The molecule has 3 heterocycles. The Morgan fingerprint density at radius 3 is 2.53 bits per heavy atom. The summed E-state index contributed by atoms with van der Waals surface area (Å²) in [6.45, 7) is 7.45. The lowest BCUT2D eigenvalue weighted by Crippen LogP contribution is -2.57. The third-order valence-corrected chi connectivity index (χ3v) is 9.10. The summed E-state index contributed by atoms with van der Waals surface area (Å²) in [6, 6.07) is 13.8. The molecule has 3 aliphatic heterocycles. The average molecular weight is 520 g/mol. The summed E-state index contributed by atoms with van der Waals surface area (Å²) >= 11 is 0. The number of carbonyl (C=O) groups is 3. The first-order valence-electron chi connectivity index (χ1n) is 13.3. The number of likely N-dealkylation sites (tertiary alicyclic amines) is 1. The van der Waals surface area contributed by atoms with Gasteiger partial charge >= 0.3 is 0 Å². The first-order chi connectivity index (χ1) is 18.1. The van der Waals surface area contributed by atoms with E-state index in [1.54, 1.807) is 7.05 Å². The molecule has 2 aromatic rings. The van der Waals surface area contributed by atoms with Gasteiger partial charge in [0.1, 0.15) is 11.6 Å². The molecule has 3 fully saturated rings. The van der Waals surface area contributed by atoms with Gasteiger partial charge in [-0.25, -0.2) is 0 Å². The second-order valence-electron chi connectivity index (χ2n) is 11.4. The minimum atomic E-state index is -1.17. The second kappa shape index (κ2) is 9.50. The highest BCUT2D eigenvalue weighted by molar-refractivity contribution is 6.04. The molecule has 2 aromatic carbocycles. The van der Waals surface area contributed by atoms with Gasteiger partial charge in [-0.1, -0.05) is 49.4 Å². The smallest absolute Gasteiger partial charge is 0.250 e. The number of anilines is 1. The van der Waals surface area contributed by atoms with Crippen LogP contribution >= 0.6 is 0 Å². The van der Waals surface area contributed by atoms with Gasteiger partial charge in [-0.15, -0.1) is 0 Å². The van der Waals surface area contributed by atoms with Gasteiger partial charge in [0.25, 0.3) is 0 Å². The summed E-state index contributed by atoms with van der Waals surface area (Å²) in [5.41, 5.74) is 1.46. The van der Waals surface area contributed by atoms with E-state index in [0.29, 0.717) is 18.5 Å². The second-order valence-corrected chi connectivity index (χ2v) is 11.4. The highest BCUT2D eigenvalue weighted by atomic mass is 16.5. The number of aryl methyl sites for hydroxylation is 2. The van der Waals surface area contributed by atoms with E-state index in [2.05, 4.69) is 10.6 Å². The van der Waals surface area contributed by atoms with E-state index in [9.17, 15) is 19.5 Å². The molecule has 3 amide bonds. The van der Waals surface area contributed by atoms with Crippen LogP contribution in [0.3, 0.4) is 0 Å². The highest BCUT2D eigenvalue weighted by Crippen LogP contribution is 2.65. The van der Waals surface area contributed by atoms with E-state index in [1.165, 1.54) is 4.90 Å². The number of aliphatic hydroxyl groups excluding tert-OH is 1. The maximum absolute atomic E-state index is 14.3. The van der Waals surface area contributed by atoms with Gasteiger partial charge in [0.15, 0.2) is 0 Å². The molecule has 3 N–H and O–H groups in total. The summed E-state index contributed by atoms with van der Waals surface area (Å²) in [5.74, 6) is -2.55. The lowest BCUT2D eigenvalue weighted by molar-refractivity contribution is -0.149. The summed E-state index contributed by atoms with van der Waals surface area (Å²) in [7, 11) is 1.56. The van der Waals surface area contributed by atoms with Crippen molar-refractivity contribution in [2.24, 2.45) is 17.8 Å². The molecule has 3 saturated heterocycles. The fourth-order valence-corrected chi connectivity index (χ4v) is 7.13. The highest BCUT2D eigenvalue weighted by Gasteiger charge is 2.80. The first-order valence-corrected chi connectivity index (χ1v) is 13.3. The number of hydrogen-bond acceptors (Lipinski definition) is 5. The molecule has 0 radical (unpaired) electrons. The minimum absolute atomic E-state index is 0.0495. The molecule has 1 spiro atoms. The van der Waals surface area contributed by atoms with E-state index in [0.717, 1.165) is 16.7 Å². The van der Waals surface area contributed by atoms with Crippen LogP contribution in [0.1, 0.15) is 37.0 Å². The summed E-state index contributed by atoms with van der Waals surface area (Å²) in [4.78, 5) is 43.3. The number of ether oxygens (including phenoxy) is 1. The number of aliphatic hydroxyl groups is 1. The standard InChI is InChI=1S/C30H37N3O5/c1-17-11-12-18(2)22(13-17)32-27(36)25-30-15-19(3)29(4,38-30)23(26(35)31-5)24(30)28(37)33(25)21(16-34)14-20-9-7-6-8-10-20/h6-13,19,21,23-25,34H,14-16H2,1-5H3,(H,31,35)(H,32,36)/t19?,21-,23-,24+,25?,29+,30?/m1/s1. The van der Waals surface area contributed by atoms with E-state index < -0.39 is 35.1 Å². The van der Waals surface area contributed by atoms with Crippen LogP contribution in [0.5, 0.6) is 0 Å². The quantitative estimate of drug-likeness (QED) is 0.521. The number of benzene rings is 2. The van der Waals surface area contributed by atoms with Gasteiger partial charge in [0, 0.05) is 12.7 Å². The summed E-state index contributed by atoms with van der Waals surface area (Å²) in [5, 5.41) is 16.3. The molecule has 3 unspecified atom stereocenters.